The first kappa shape index (κ1) is 15.7. The van der Waals surface area contributed by atoms with Crippen molar-refractivity contribution in [2.24, 2.45) is 0 Å². The fourth-order valence-corrected chi connectivity index (χ4v) is 3.42. The Labute approximate surface area is 125 Å². The smallest absolute Gasteiger partial charge is 0.367 e. The van der Waals surface area contributed by atoms with Crippen LogP contribution in [0.3, 0.4) is 0 Å². The molecule has 0 saturated carbocycles. The van der Waals surface area contributed by atoms with Gasteiger partial charge in [0.1, 0.15) is 5.82 Å². The van der Waals surface area contributed by atoms with Gasteiger partial charge in [-0.15, -0.1) is 0 Å². The van der Waals surface area contributed by atoms with E-state index in [9.17, 15) is 13.2 Å². The highest BCUT2D eigenvalue weighted by molar-refractivity contribution is 9.10. The Balaban J connectivity index is 2.50. The maximum atomic E-state index is 13.2. The zero-order chi connectivity index (χ0) is 15.1. The average Bonchev–Trinajstić information content (AvgIpc) is 2.67. The summed E-state index contributed by atoms with van der Waals surface area (Å²) < 4.78 is 41.4. The quantitative estimate of drug-likeness (QED) is 0.840. The largest absolute Gasteiger partial charge is 0.410 e. The van der Waals surface area contributed by atoms with E-state index in [1.807, 2.05) is 13.8 Å². The van der Waals surface area contributed by atoms with Crippen LogP contribution in [0.4, 0.5) is 19.0 Å². The van der Waals surface area contributed by atoms with E-state index >= 15 is 0 Å². The minimum atomic E-state index is -4.28. The van der Waals surface area contributed by atoms with Crippen LogP contribution in [0, 0.1) is 0 Å². The summed E-state index contributed by atoms with van der Waals surface area (Å²) in [6.45, 7) is 5.81. The monoisotopic (exact) mass is 353 g/mol. The maximum absolute atomic E-state index is 13.2. The van der Waals surface area contributed by atoms with Gasteiger partial charge in [-0.3, -0.25) is 0 Å². The molecule has 2 unspecified atom stereocenters. The number of hydrogen-bond acceptors (Lipinski definition) is 2. The normalized spacial score (nSPS) is 22.8. The van der Waals surface area contributed by atoms with E-state index in [-0.39, 0.29) is 18.4 Å². The molecule has 0 aromatic carbocycles. The van der Waals surface area contributed by atoms with Gasteiger partial charge >= 0.3 is 6.18 Å². The van der Waals surface area contributed by atoms with Gasteiger partial charge in [-0.1, -0.05) is 13.8 Å². The minimum Gasteiger partial charge on any atom is -0.367 e. The van der Waals surface area contributed by atoms with Crippen LogP contribution in [0.2, 0.25) is 0 Å². The van der Waals surface area contributed by atoms with Crippen molar-refractivity contribution in [3.63, 3.8) is 0 Å². The van der Waals surface area contributed by atoms with Crippen molar-refractivity contribution in [1.82, 2.24) is 9.78 Å². The molecule has 0 amide bonds. The number of halogens is 4. The molecule has 0 spiro atoms. The van der Waals surface area contributed by atoms with Crippen LogP contribution in [-0.2, 0) is 0 Å². The highest BCUT2D eigenvalue weighted by atomic mass is 79.9. The first-order chi connectivity index (χ1) is 9.29. The van der Waals surface area contributed by atoms with Crippen molar-refractivity contribution < 1.29 is 13.2 Å². The fourth-order valence-electron chi connectivity index (χ4n) is 2.72. The third kappa shape index (κ3) is 2.69. The molecule has 2 heterocycles. The Bertz CT molecular complexity index is 480. The van der Waals surface area contributed by atoms with Crippen LogP contribution in [0.1, 0.15) is 57.7 Å². The molecule has 1 aromatic rings. The second-order valence-corrected chi connectivity index (χ2v) is 6.14. The maximum Gasteiger partial charge on any atom is 0.410 e. The number of rotatable bonds is 3. The van der Waals surface area contributed by atoms with Gasteiger partial charge in [0.15, 0.2) is 6.04 Å². The Morgan fingerprint density at radius 1 is 1.40 bits per heavy atom. The third-order valence-corrected chi connectivity index (χ3v) is 4.66. The molecule has 0 fully saturated rings. The molecule has 1 aliphatic heterocycles. The lowest BCUT2D eigenvalue weighted by molar-refractivity contribution is -0.173. The van der Waals surface area contributed by atoms with Crippen LogP contribution in [0.5, 0.6) is 0 Å². The standard InChI is InChI=1S/C13H19BrF3N3/c1-4-8(5-2)11-10(14)12-18-7(3)6-9(13(15,16)17)20(12)19-11/h7-9,18H,4-6H2,1-3H3. The van der Waals surface area contributed by atoms with E-state index in [0.29, 0.717) is 10.3 Å². The summed E-state index contributed by atoms with van der Waals surface area (Å²) in [6.07, 6.45) is -2.55. The summed E-state index contributed by atoms with van der Waals surface area (Å²) >= 11 is 3.43. The molecule has 20 heavy (non-hydrogen) atoms. The Kier molecular flexibility index (Phi) is 4.37. The predicted molar refractivity (Wildman–Crippen MR) is 76.0 cm³/mol. The van der Waals surface area contributed by atoms with Crippen LogP contribution >= 0.6 is 15.9 Å². The fraction of sp³-hybridized carbons (Fsp3) is 0.769. The van der Waals surface area contributed by atoms with Gasteiger partial charge in [0, 0.05) is 12.0 Å². The Hall–Kier alpha value is -0.720. The summed E-state index contributed by atoms with van der Waals surface area (Å²) in [6, 6.07) is -1.77. The van der Waals surface area contributed by atoms with Crippen molar-refractivity contribution in [3.8, 4) is 0 Å². The van der Waals surface area contributed by atoms with Crippen molar-refractivity contribution in [2.45, 2.75) is 64.2 Å². The van der Waals surface area contributed by atoms with E-state index in [1.54, 1.807) is 6.92 Å². The average molecular weight is 354 g/mol. The number of alkyl halides is 3. The van der Waals surface area contributed by atoms with E-state index in [4.69, 9.17) is 0 Å². The molecule has 114 valence electrons. The molecule has 0 aliphatic carbocycles. The van der Waals surface area contributed by atoms with E-state index < -0.39 is 12.2 Å². The summed E-state index contributed by atoms with van der Waals surface area (Å²) in [7, 11) is 0. The van der Waals surface area contributed by atoms with Crippen LogP contribution in [0.15, 0.2) is 4.47 Å². The molecule has 0 bridgehead atoms. The second kappa shape index (κ2) is 5.58. The molecular weight excluding hydrogens is 335 g/mol. The number of fused-ring (bicyclic) bond motifs is 1. The summed E-state index contributed by atoms with van der Waals surface area (Å²) in [5, 5.41) is 7.37. The third-order valence-electron chi connectivity index (χ3n) is 3.88. The molecule has 1 aromatic heterocycles. The number of anilines is 1. The molecule has 2 atom stereocenters. The highest BCUT2D eigenvalue weighted by Gasteiger charge is 2.46. The van der Waals surface area contributed by atoms with Gasteiger partial charge in [-0.25, -0.2) is 4.68 Å². The molecule has 0 saturated heterocycles. The van der Waals surface area contributed by atoms with Gasteiger partial charge < -0.3 is 5.32 Å². The SMILES string of the molecule is CCC(CC)c1nn2c(c1Br)NC(C)CC2C(F)(F)F. The number of nitrogens with one attached hydrogen (secondary N) is 1. The summed E-state index contributed by atoms with van der Waals surface area (Å²) in [4.78, 5) is 0. The minimum absolute atomic E-state index is 0.00692. The first-order valence-corrected chi connectivity index (χ1v) is 7.69. The lowest BCUT2D eigenvalue weighted by Gasteiger charge is -2.31. The molecule has 1 aliphatic rings. The topological polar surface area (TPSA) is 29.9 Å². The highest BCUT2D eigenvalue weighted by Crippen LogP contribution is 2.44. The summed E-state index contributed by atoms with van der Waals surface area (Å²) in [5.74, 6) is 0.626. The zero-order valence-corrected chi connectivity index (χ0v) is 13.3. The van der Waals surface area contributed by atoms with Gasteiger partial charge in [-0.05, 0) is 42.1 Å². The van der Waals surface area contributed by atoms with E-state index in [1.165, 1.54) is 0 Å². The molecule has 7 heteroatoms. The number of nitrogens with zero attached hydrogens (tertiary/aromatic N) is 2. The van der Waals surface area contributed by atoms with Gasteiger partial charge in [0.25, 0.3) is 0 Å². The van der Waals surface area contributed by atoms with Crippen molar-refractivity contribution in [2.75, 3.05) is 5.32 Å². The Morgan fingerprint density at radius 3 is 2.50 bits per heavy atom. The lowest BCUT2D eigenvalue weighted by atomic mass is 10.00. The van der Waals surface area contributed by atoms with Crippen molar-refractivity contribution in [1.29, 1.82) is 0 Å². The second-order valence-electron chi connectivity index (χ2n) is 5.34. The first-order valence-electron chi connectivity index (χ1n) is 6.90. The molecular formula is C13H19BrF3N3. The Morgan fingerprint density at radius 2 is 2.00 bits per heavy atom. The zero-order valence-electron chi connectivity index (χ0n) is 11.8. The van der Waals surface area contributed by atoms with Crippen LogP contribution < -0.4 is 5.32 Å². The molecule has 2 rings (SSSR count). The van der Waals surface area contributed by atoms with Crippen LogP contribution in [-0.4, -0.2) is 22.0 Å². The van der Waals surface area contributed by atoms with Gasteiger partial charge in [0.05, 0.1) is 10.2 Å². The van der Waals surface area contributed by atoms with E-state index in [2.05, 4.69) is 26.3 Å². The predicted octanol–water partition coefficient (Wildman–Crippen LogP) is 4.86. The molecule has 1 N–H and O–H groups in total. The van der Waals surface area contributed by atoms with E-state index in [0.717, 1.165) is 23.2 Å². The number of aromatic nitrogens is 2. The lowest BCUT2D eigenvalue weighted by Crippen LogP contribution is -2.38. The summed E-state index contributed by atoms with van der Waals surface area (Å²) in [5.41, 5.74) is 0.723. The van der Waals surface area contributed by atoms with Crippen molar-refractivity contribution in [3.05, 3.63) is 10.2 Å². The van der Waals surface area contributed by atoms with Gasteiger partial charge in [0.2, 0.25) is 0 Å². The number of hydrogen-bond donors (Lipinski definition) is 1. The van der Waals surface area contributed by atoms with Crippen molar-refractivity contribution >= 4 is 21.7 Å². The van der Waals surface area contributed by atoms with Crippen LogP contribution in [0.25, 0.3) is 0 Å². The molecule has 3 nitrogen and oxygen atoms in total. The molecule has 0 radical (unpaired) electrons. The van der Waals surface area contributed by atoms with Gasteiger partial charge in [-0.2, -0.15) is 18.3 Å².